The zero-order chi connectivity index (χ0) is 36.8. The van der Waals surface area contributed by atoms with Crippen LogP contribution in [0.25, 0.3) is 33.3 Å². The molecule has 1 N–H and O–H groups in total. The van der Waals surface area contributed by atoms with Gasteiger partial charge in [0.2, 0.25) is 8.96 Å². The highest BCUT2D eigenvalue weighted by Crippen LogP contribution is 2.54. The van der Waals surface area contributed by atoms with Crippen LogP contribution >= 0.6 is 0 Å². The van der Waals surface area contributed by atoms with E-state index >= 15 is 0 Å². The van der Waals surface area contributed by atoms with Crippen LogP contribution in [0.15, 0.2) is 162 Å². The highest BCUT2D eigenvalue weighted by molar-refractivity contribution is 6.89. The van der Waals surface area contributed by atoms with Crippen molar-refractivity contribution in [1.29, 1.82) is 0 Å². The SMILES string of the molecule is CN1c2ccccc2N(c2nc3c4c(ccc3o2)Nc2ccccc2N4[Si](c2ccccc2)c2ccccc2)c2cc(-c3cn(C)c4c3ccn4C)ccc21. The molecule has 1 radical (unpaired) electrons. The molecule has 2 aliphatic heterocycles. The van der Waals surface area contributed by atoms with E-state index in [0.29, 0.717) is 6.01 Å². The van der Waals surface area contributed by atoms with Crippen molar-refractivity contribution < 1.29 is 4.42 Å². The monoisotopic (exact) mass is 730 g/mol. The van der Waals surface area contributed by atoms with Crippen LogP contribution in [-0.2, 0) is 14.1 Å². The van der Waals surface area contributed by atoms with Crippen molar-refractivity contribution in [3.63, 3.8) is 0 Å². The number of hydrogen-bond donors (Lipinski definition) is 1. The van der Waals surface area contributed by atoms with Gasteiger partial charge in [-0.2, -0.15) is 4.98 Å². The molecule has 0 saturated carbocycles. The number of aromatic nitrogens is 3. The van der Waals surface area contributed by atoms with Gasteiger partial charge < -0.3 is 28.3 Å². The van der Waals surface area contributed by atoms with E-state index in [0.717, 1.165) is 62.2 Å². The molecule has 6 aromatic carbocycles. The van der Waals surface area contributed by atoms with Crippen LogP contribution in [0, 0.1) is 0 Å². The molecule has 2 aliphatic rings. The molecular weight excluding hydrogens is 695 g/mol. The fourth-order valence-corrected chi connectivity index (χ4v) is 11.3. The van der Waals surface area contributed by atoms with Gasteiger partial charge in [0.05, 0.1) is 45.5 Å². The van der Waals surface area contributed by atoms with E-state index in [9.17, 15) is 0 Å². The van der Waals surface area contributed by atoms with Crippen molar-refractivity contribution in [1.82, 2.24) is 14.1 Å². The number of oxazole rings is 1. The number of benzene rings is 6. The predicted octanol–water partition coefficient (Wildman–Crippen LogP) is 9.88. The lowest BCUT2D eigenvalue weighted by molar-refractivity contribution is 0.608. The maximum absolute atomic E-state index is 6.92. The first kappa shape index (κ1) is 31.5. The van der Waals surface area contributed by atoms with E-state index < -0.39 is 8.96 Å². The summed E-state index contributed by atoms with van der Waals surface area (Å²) in [6, 6.07) is 52.5. The van der Waals surface area contributed by atoms with Crippen LogP contribution in [0.2, 0.25) is 0 Å². The normalized spacial score (nSPS) is 13.2. The van der Waals surface area contributed by atoms with Gasteiger partial charge in [0.1, 0.15) is 11.2 Å². The molecule has 0 bridgehead atoms. The first-order valence-electron chi connectivity index (χ1n) is 18.5. The number of anilines is 9. The van der Waals surface area contributed by atoms with E-state index in [1.165, 1.54) is 27.0 Å². The number of para-hydroxylation sites is 4. The summed E-state index contributed by atoms with van der Waals surface area (Å²) in [7, 11) is 4.74. The Morgan fingerprint density at radius 1 is 0.600 bits per heavy atom. The third-order valence-corrected chi connectivity index (χ3v) is 13.7. The van der Waals surface area contributed by atoms with Crippen LogP contribution in [0.4, 0.5) is 51.5 Å². The Hall–Kier alpha value is -6.97. The summed E-state index contributed by atoms with van der Waals surface area (Å²) in [5, 5.41) is 7.54. The number of fused-ring (bicyclic) bond motifs is 7. The van der Waals surface area contributed by atoms with E-state index in [2.05, 4.69) is 208 Å². The molecule has 0 aliphatic carbocycles. The second-order valence-corrected chi connectivity index (χ2v) is 16.6. The van der Waals surface area contributed by atoms with Crippen LogP contribution in [-0.4, -0.2) is 30.1 Å². The quantitative estimate of drug-likeness (QED) is 0.178. The summed E-state index contributed by atoms with van der Waals surface area (Å²) in [6.07, 6.45) is 4.35. The number of nitrogens with one attached hydrogen (secondary N) is 1. The van der Waals surface area contributed by atoms with Crippen LogP contribution < -0.4 is 30.1 Å². The van der Waals surface area contributed by atoms with Gasteiger partial charge in [-0.25, -0.2) is 0 Å². The van der Waals surface area contributed by atoms with Gasteiger partial charge in [-0.1, -0.05) is 91.0 Å². The summed E-state index contributed by atoms with van der Waals surface area (Å²) in [6.45, 7) is 0. The lowest BCUT2D eigenvalue weighted by atomic mass is 10.0. The molecule has 0 amide bonds. The van der Waals surface area contributed by atoms with Crippen LogP contribution in [0.1, 0.15) is 0 Å². The summed E-state index contributed by atoms with van der Waals surface area (Å²) in [5.41, 5.74) is 13.4. The fraction of sp³-hybridized carbons (Fsp3) is 0.0652. The molecule has 55 heavy (non-hydrogen) atoms. The minimum atomic E-state index is -1.60. The first-order valence-corrected chi connectivity index (χ1v) is 19.9. The van der Waals surface area contributed by atoms with Gasteiger partial charge in [0, 0.05) is 44.5 Å². The molecule has 0 unspecified atom stereocenters. The van der Waals surface area contributed by atoms with Gasteiger partial charge in [-0.15, -0.1) is 0 Å². The van der Waals surface area contributed by atoms with Crippen molar-refractivity contribution in [2.24, 2.45) is 14.1 Å². The second-order valence-electron chi connectivity index (χ2n) is 14.3. The molecule has 0 spiro atoms. The van der Waals surface area contributed by atoms with Gasteiger partial charge in [0.15, 0.2) is 5.58 Å². The molecule has 9 aromatic rings. The summed E-state index contributed by atoms with van der Waals surface area (Å²) >= 11 is 0. The van der Waals surface area contributed by atoms with Crippen molar-refractivity contribution in [3.8, 4) is 11.1 Å². The lowest BCUT2D eigenvalue weighted by Crippen LogP contribution is -2.55. The standard InChI is InChI=1S/C46H36N7OSi/c1-49-27-26-33-34(29-50(2)45(33)49)30-22-24-39-41(28-30)52(40-21-13-12-20-38(40)51(39)3)46-48-43-42(54-46)25-23-36-44(43)53(37-19-11-10-18-35(37)47-36)55(31-14-6-4-7-15-31)32-16-8-5-9-17-32/h4-29,47H,1-3H3. The summed E-state index contributed by atoms with van der Waals surface area (Å²) in [5.74, 6) is 0. The zero-order valence-electron chi connectivity index (χ0n) is 30.6. The largest absolute Gasteiger partial charge is 0.423 e. The molecule has 9 heteroatoms. The van der Waals surface area contributed by atoms with E-state index in [1.54, 1.807) is 0 Å². The van der Waals surface area contributed by atoms with Crippen molar-refractivity contribution in [2.45, 2.75) is 0 Å². The summed E-state index contributed by atoms with van der Waals surface area (Å²) < 4.78 is 13.8. The minimum Gasteiger partial charge on any atom is -0.423 e. The Morgan fingerprint density at radius 3 is 2.04 bits per heavy atom. The third-order valence-electron chi connectivity index (χ3n) is 11.0. The molecular formula is C46H36N7OSi. The minimum absolute atomic E-state index is 0.521. The van der Waals surface area contributed by atoms with Gasteiger partial charge >= 0.3 is 6.01 Å². The second kappa shape index (κ2) is 12.0. The number of rotatable bonds is 5. The smallest absolute Gasteiger partial charge is 0.307 e. The molecule has 0 saturated heterocycles. The number of hydrogen-bond acceptors (Lipinski definition) is 6. The van der Waals surface area contributed by atoms with E-state index in [-0.39, 0.29) is 0 Å². The Labute approximate surface area is 320 Å². The van der Waals surface area contributed by atoms with Gasteiger partial charge in [-0.3, -0.25) is 4.90 Å². The molecule has 265 valence electrons. The maximum Gasteiger partial charge on any atom is 0.307 e. The number of nitrogens with zero attached hydrogens (tertiary/aromatic N) is 6. The molecule has 3 aromatic heterocycles. The average Bonchev–Trinajstić information content (AvgIpc) is 3.93. The zero-order valence-corrected chi connectivity index (χ0v) is 31.6. The lowest BCUT2D eigenvalue weighted by Gasteiger charge is -2.39. The summed E-state index contributed by atoms with van der Waals surface area (Å²) in [4.78, 5) is 9.95. The highest BCUT2D eigenvalue weighted by atomic mass is 28.3. The molecule has 5 heterocycles. The van der Waals surface area contributed by atoms with Crippen LogP contribution in [0.5, 0.6) is 0 Å². The number of aryl methyl sites for hydroxylation is 2. The highest BCUT2D eigenvalue weighted by Gasteiger charge is 2.37. The van der Waals surface area contributed by atoms with E-state index in [1.807, 2.05) is 0 Å². The van der Waals surface area contributed by atoms with Crippen molar-refractivity contribution >= 4 is 93.0 Å². The maximum atomic E-state index is 6.92. The molecule has 0 atom stereocenters. The van der Waals surface area contributed by atoms with Crippen molar-refractivity contribution in [2.75, 3.05) is 26.7 Å². The third kappa shape index (κ3) is 4.73. The Morgan fingerprint density at radius 2 is 1.27 bits per heavy atom. The molecule has 11 rings (SSSR count). The Kier molecular flexibility index (Phi) is 6.90. The predicted molar refractivity (Wildman–Crippen MR) is 227 cm³/mol. The first-order chi connectivity index (χ1) is 27.0. The topological polar surface area (TPSA) is 57.6 Å². The Balaban J connectivity index is 1.14. The van der Waals surface area contributed by atoms with Gasteiger partial charge in [0.25, 0.3) is 0 Å². The van der Waals surface area contributed by atoms with Crippen molar-refractivity contribution in [3.05, 3.63) is 158 Å². The molecule has 0 fully saturated rings. The van der Waals surface area contributed by atoms with E-state index in [4.69, 9.17) is 9.40 Å². The Bertz CT molecular complexity index is 2890. The van der Waals surface area contributed by atoms with Gasteiger partial charge in [-0.05, 0) is 70.5 Å². The molecule has 8 nitrogen and oxygen atoms in total. The fourth-order valence-electron chi connectivity index (χ4n) is 8.56. The average molecular weight is 731 g/mol. The van der Waals surface area contributed by atoms with Crippen LogP contribution in [0.3, 0.4) is 0 Å².